The molecule has 0 spiro atoms. The number of unbranched alkanes of at least 4 members (excludes halogenated alkanes) is 2. The Morgan fingerprint density at radius 1 is 1.07 bits per heavy atom. The Kier molecular flexibility index (Phi) is 7.73. The molecule has 1 aliphatic heterocycles. The van der Waals surface area contributed by atoms with Crippen molar-refractivity contribution in [1.82, 2.24) is 0 Å². The number of ether oxygens (including phenoxy) is 3. The van der Waals surface area contributed by atoms with Gasteiger partial charge < -0.3 is 19.5 Å². The highest BCUT2D eigenvalue weighted by Crippen LogP contribution is 2.27. The molecule has 1 heterocycles. The Hall–Kier alpha value is -2.53. The van der Waals surface area contributed by atoms with Crippen LogP contribution >= 0.6 is 0 Å². The minimum atomic E-state index is -0.209. The van der Waals surface area contributed by atoms with E-state index in [2.05, 4.69) is 12.2 Å². The van der Waals surface area contributed by atoms with Gasteiger partial charge >= 0.3 is 0 Å². The molecule has 1 aliphatic rings. The summed E-state index contributed by atoms with van der Waals surface area (Å²) >= 11 is 0. The highest BCUT2D eigenvalue weighted by Gasteiger charge is 2.18. The third-order valence-corrected chi connectivity index (χ3v) is 4.72. The first-order chi connectivity index (χ1) is 13.8. The summed E-state index contributed by atoms with van der Waals surface area (Å²) in [6.07, 6.45) is 5.43. The molecule has 28 heavy (non-hydrogen) atoms. The van der Waals surface area contributed by atoms with Crippen molar-refractivity contribution >= 4 is 11.6 Å². The van der Waals surface area contributed by atoms with Gasteiger partial charge in [0.15, 0.2) is 0 Å². The minimum absolute atomic E-state index is 0.126. The topological polar surface area (TPSA) is 56.8 Å². The Morgan fingerprint density at radius 3 is 2.64 bits per heavy atom. The first-order valence-electron chi connectivity index (χ1n) is 10.1. The van der Waals surface area contributed by atoms with Crippen molar-refractivity contribution in [3.63, 3.8) is 0 Å². The van der Waals surface area contributed by atoms with Crippen LogP contribution in [0.4, 0.5) is 5.69 Å². The van der Waals surface area contributed by atoms with Crippen LogP contribution in [0, 0.1) is 0 Å². The van der Waals surface area contributed by atoms with Gasteiger partial charge in [0.2, 0.25) is 0 Å². The zero-order chi connectivity index (χ0) is 19.6. The van der Waals surface area contributed by atoms with Gasteiger partial charge in [0.1, 0.15) is 18.1 Å². The van der Waals surface area contributed by atoms with Crippen LogP contribution in [0.3, 0.4) is 0 Å². The lowest BCUT2D eigenvalue weighted by Gasteiger charge is -2.16. The maximum absolute atomic E-state index is 12.9. The van der Waals surface area contributed by atoms with Crippen molar-refractivity contribution in [1.29, 1.82) is 0 Å². The van der Waals surface area contributed by atoms with E-state index >= 15 is 0 Å². The van der Waals surface area contributed by atoms with E-state index < -0.39 is 0 Å². The molecule has 0 aliphatic carbocycles. The average Bonchev–Trinajstić information content (AvgIpc) is 3.24. The van der Waals surface area contributed by atoms with Gasteiger partial charge in [0.25, 0.3) is 5.91 Å². The molecule has 0 aromatic heterocycles. The molecule has 3 rings (SSSR count). The molecule has 5 nitrogen and oxygen atoms in total. The molecule has 1 saturated heterocycles. The Bertz CT molecular complexity index is 756. The summed E-state index contributed by atoms with van der Waals surface area (Å²) in [4.78, 5) is 12.9. The van der Waals surface area contributed by atoms with Gasteiger partial charge in [-0.1, -0.05) is 44.0 Å². The third kappa shape index (κ3) is 5.73. The van der Waals surface area contributed by atoms with Crippen LogP contribution in [0.5, 0.6) is 11.5 Å². The second-order valence-electron chi connectivity index (χ2n) is 6.95. The lowest BCUT2D eigenvalue weighted by Crippen LogP contribution is -2.18. The number of hydrogen-bond donors (Lipinski definition) is 1. The van der Waals surface area contributed by atoms with E-state index in [1.54, 1.807) is 6.07 Å². The molecule has 2 aromatic rings. The Labute approximate surface area is 167 Å². The van der Waals surface area contributed by atoms with Crippen LogP contribution in [-0.4, -0.2) is 31.8 Å². The van der Waals surface area contributed by atoms with Crippen LogP contribution in [0.1, 0.15) is 49.4 Å². The lowest BCUT2D eigenvalue weighted by atomic mass is 10.1. The molecule has 1 unspecified atom stereocenters. The van der Waals surface area contributed by atoms with Crippen LogP contribution in [0.15, 0.2) is 48.5 Å². The summed E-state index contributed by atoms with van der Waals surface area (Å²) in [6.45, 7) is 4.05. The Morgan fingerprint density at radius 2 is 1.86 bits per heavy atom. The smallest absolute Gasteiger partial charge is 0.259 e. The van der Waals surface area contributed by atoms with E-state index in [0.29, 0.717) is 36.0 Å². The molecule has 0 radical (unpaired) electrons. The summed E-state index contributed by atoms with van der Waals surface area (Å²) in [7, 11) is 0. The number of nitrogens with one attached hydrogen (secondary N) is 1. The Balaban J connectivity index is 1.64. The van der Waals surface area contributed by atoms with Gasteiger partial charge in [-0.25, -0.2) is 0 Å². The second-order valence-corrected chi connectivity index (χ2v) is 6.95. The average molecular weight is 383 g/mol. The molecule has 0 saturated carbocycles. The van der Waals surface area contributed by atoms with Crippen LogP contribution in [0.25, 0.3) is 0 Å². The van der Waals surface area contributed by atoms with Crippen LogP contribution in [-0.2, 0) is 4.74 Å². The van der Waals surface area contributed by atoms with Crippen LogP contribution in [0.2, 0.25) is 0 Å². The summed E-state index contributed by atoms with van der Waals surface area (Å²) in [5.41, 5.74) is 1.17. The van der Waals surface area contributed by atoms with E-state index in [4.69, 9.17) is 14.2 Å². The molecular weight excluding hydrogens is 354 g/mol. The molecular formula is C23H29NO4. The van der Waals surface area contributed by atoms with E-state index in [1.807, 2.05) is 42.5 Å². The van der Waals surface area contributed by atoms with E-state index in [1.165, 1.54) is 0 Å². The highest BCUT2D eigenvalue weighted by molar-refractivity contribution is 6.06. The summed E-state index contributed by atoms with van der Waals surface area (Å²) in [5, 5.41) is 2.96. The second kappa shape index (κ2) is 10.7. The molecule has 1 fully saturated rings. The van der Waals surface area contributed by atoms with Crippen molar-refractivity contribution in [2.24, 2.45) is 0 Å². The van der Waals surface area contributed by atoms with Gasteiger partial charge in [0, 0.05) is 6.61 Å². The molecule has 2 aromatic carbocycles. The van der Waals surface area contributed by atoms with Gasteiger partial charge in [-0.2, -0.15) is 0 Å². The molecule has 1 amide bonds. The summed E-state index contributed by atoms with van der Waals surface area (Å²) in [5.74, 6) is 1.04. The number of carbonyl (C=O) groups is 1. The minimum Gasteiger partial charge on any atom is -0.493 e. The first-order valence-corrected chi connectivity index (χ1v) is 10.1. The maximum Gasteiger partial charge on any atom is 0.259 e. The standard InChI is InChI=1S/C23H29NO4/c1-2-3-8-15-27-21-13-6-4-11-19(21)23(25)24-20-12-5-7-14-22(20)28-17-18-10-9-16-26-18/h4-7,11-14,18H,2-3,8-10,15-17H2,1H3,(H,24,25). The number of para-hydroxylation sites is 3. The van der Waals surface area contributed by atoms with E-state index in [9.17, 15) is 4.79 Å². The number of carbonyl (C=O) groups excluding carboxylic acids is 1. The quantitative estimate of drug-likeness (QED) is 0.582. The van der Waals surface area contributed by atoms with Crippen molar-refractivity contribution in [3.8, 4) is 11.5 Å². The van der Waals surface area contributed by atoms with Crippen molar-refractivity contribution in [2.45, 2.75) is 45.1 Å². The zero-order valence-corrected chi connectivity index (χ0v) is 16.5. The fraction of sp³-hybridized carbons (Fsp3) is 0.435. The number of anilines is 1. The molecule has 1 N–H and O–H groups in total. The van der Waals surface area contributed by atoms with Gasteiger partial charge in [0.05, 0.1) is 24.0 Å². The van der Waals surface area contributed by atoms with Crippen molar-refractivity contribution < 1.29 is 19.0 Å². The highest BCUT2D eigenvalue weighted by atomic mass is 16.5. The number of amides is 1. The number of rotatable bonds is 10. The molecule has 1 atom stereocenters. The van der Waals surface area contributed by atoms with Gasteiger partial charge in [-0.05, 0) is 43.5 Å². The maximum atomic E-state index is 12.9. The number of benzene rings is 2. The molecule has 150 valence electrons. The lowest BCUT2D eigenvalue weighted by molar-refractivity contribution is 0.0682. The van der Waals surface area contributed by atoms with E-state index in [-0.39, 0.29) is 12.0 Å². The monoisotopic (exact) mass is 383 g/mol. The van der Waals surface area contributed by atoms with Crippen molar-refractivity contribution in [3.05, 3.63) is 54.1 Å². The van der Waals surface area contributed by atoms with E-state index in [0.717, 1.165) is 38.7 Å². The van der Waals surface area contributed by atoms with Gasteiger partial charge in [-0.3, -0.25) is 4.79 Å². The first kappa shape index (κ1) is 20.2. The SMILES string of the molecule is CCCCCOc1ccccc1C(=O)Nc1ccccc1OCC1CCCO1. The number of hydrogen-bond acceptors (Lipinski definition) is 4. The fourth-order valence-corrected chi connectivity index (χ4v) is 3.16. The third-order valence-electron chi connectivity index (χ3n) is 4.72. The normalized spacial score (nSPS) is 16.0. The predicted molar refractivity (Wildman–Crippen MR) is 110 cm³/mol. The largest absolute Gasteiger partial charge is 0.493 e. The summed E-state index contributed by atoms with van der Waals surface area (Å²) in [6, 6.07) is 14.8. The summed E-state index contributed by atoms with van der Waals surface area (Å²) < 4.78 is 17.4. The van der Waals surface area contributed by atoms with Gasteiger partial charge in [-0.15, -0.1) is 0 Å². The zero-order valence-electron chi connectivity index (χ0n) is 16.5. The molecule has 5 heteroatoms. The fourth-order valence-electron chi connectivity index (χ4n) is 3.16. The van der Waals surface area contributed by atoms with Crippen LogP contribution < -0.4 is 14.8 Å². The molecule has 0 bridgehead atoms. The predicted octanol–water partition coefficient (Wildman–Crippen LogP) is 5.07. The van der Waals surface area contributed by atoms with Crippen molar-refractivity contribution in [2.75, 3.05) is 25.1 Å².